The molecule has 1 atom stereocenters. The van der Waals surface area contributed by atoms with Gasteiger partial charge >= 0.3 is 0 Å². The standard InChI is InChI=1S/C9H12N4O2/c10-8-7(3-11-5-12-8)9(15)13-2-1-6(14)4-13/h3,5-6,14H,1-2,4H2,(H2,10,11,12)/t6-/m0/s1. The zero-order valence-corrected chi connectivity index (χ0v) is 8.13. The number of hydrogen-bond acceptors (Lipinski definition) is 5. The van der Waals surface area contributed by atoms with E-state index in [0.29, 0.717) is 25.1 Å². The van der Waals surface area contributed by atoms with Gasteiger partial charge in [0.05, 0.1) is 11.7 Å². The zero-order chi connectivity index (χ0) is 10.8. The topological polar surface area (TPSA) is 92.3 Å². The van der Waals surface area contributed by atoms with Crippen molar-refractivity contribution in [3.05, 3.63) is 18.1 Å². The summed E-state index contributed by atoms with van der Waals surface area (Å²) in [6.45, 7) is 0.904. The number of carbonyl (C=O) groups is 1. The summed E-state index contributed by atoms with van der Waals surface area (Å²) in [5.41, 5.74) is 5.86. The largest absolute Gasteiger partial charge is 0.391 e. The van der Waals surface area contributed by atoms with Gasteiger partial charge in [0.1, 0.15) is 12.1 Å². The first kappa shape index (κ1) is 9.85. The van der Waals surface area contributed by atoms with Crippen LogP contribution in [0.5, 0.6) is 0 Å². The van der Waals surface area contributed by atoms with Crippen LogP contribution in [-0.4, -0.2) is 45.1 Å². The van der Waals surface area contributed by atoms with Gasteiger partial charge < -0.3 is 15.7 Å². The van der Waals surface area contributed by atoms with Crippen molar-refractivity contribution in [1.82, 2.24) is 14.9 Å². The molecule has 0 aliphatic carbocycles. The Kier molecular flexibility index (Phi) is 2.51. The van der Waals surface area contributed by atoms with Gasteiger partial charge in [0.2, 0.25) is 0 Å². The molecule has 1 aromatic heterocycles. The third-order valence-corrected chi connectivity index (χ3v) is 2.42. The van der Waals surface area contributed by atoms with E-state index in [4.69, 9.17) is 5.73 Å². The number of β-amino-alcohol motifs (C(OH)–C–C–N with tert-alkyl or cyclic N) is 1. The third-order valence-electron chi connectivity index (χ3n) is 2.42. The lowest BCUT2D eigenvalue weighted by Gasteiger charge is -2.15. The lowest BCUT2D eigenvalue weighted by atomic mass is 10.3. The number of amides is 1. The summed E-state index contributed by atoms with van der Waals surface area (Å²) in [6.07, 6.45) is 2.87. The fraction of sp³-hybridized carbons (Fsp3) is 0.444. The van der Waals surface area contributed by atoms with Crippen molar-refractivity contribution in [2.24, 2.45) is 0 Å². The number of nitrogens with zero attached hydrogens (tertiary/aromatic N) is 3. The number of aliphatic hydroxyl groups excluding tert-OH is 1. The summed E-state index contributed by atoms with van der Waals surface area (Å²) < 4.78 is 0. The number of aliphatic hydroxyl groups is 1. The van der Waals surface area contributed by atoms with Crippen molar-refractivity contribution >= 4 is 11.7 Å². The first-order valence-corrected chi connectivity index (χ1v) is 4.71. The van der Waals surface area contributed by atoms with E-state index < -0.39 is 6.10 Å². The Morgan fingerprint density at radius 2 is 2.47 bits per heavy atom. The second kappa shape index (κ2) is 3.82. The SMILES string of the molecule is Nc1ncncc1C(=O)N1CC[C@H](O)C1. The van der Waals surface area contributed by atoms with E-state index in [9.17, 15) is 9.90 Å². The Hall–Kier alpha value is -1.69. The highest BCUT2D eigenvalue weighted by atomic mass is 16.3. The highest BCUT2D eigenvalue weighted by Crippen LogP contribution is 2.15. The average molecular weight is 208 g/mol. The number of carbonyl (C=O) groups excluding carboxylic acids is 1. The molecule has 2 heterocycles. The number of nitrogen functional groups attached to an aromatic ring is 1. The summed E-state index contributed by atoms with van der Waals surface area (Å²) in [5.74, 6) is -0.0407. The number of nitrogens with two attached hydrogens (primary N) is 1. The molecule has 1 aliphatic rings. The van der Waals surface area contributed by atoms with E-state index in [-0.39, 0.29) is 11.7 Å². The summed E-state index contributed by atoms with van der Waals surface area (Å²) in [5, 5.41) is 9.31. The van der Waals surface area contributed by atoms with Crippen LogP contribution in [0.3, 0.4) is 0 Å². The van der Waals surface area contributed by atoms with Crippen molar-refractivity contribution < 1.29 is 9.90 Å². The molecule has 3 N–H and O–H groups in total. The number of hydrogen-bond donors (Lipinski definition) is 2. The molecular weight excluding hydrogens is 196 g/mol. The molecule has 0 bridgehead atoms. The maximum Gasteiger partial charge on any atom is 0.259 e. The predicted molar refractivity (Wildman–Crippen MR) is 53.0 cm³/mol. The Labute approximate surface area is 86.7 Å². The smallest absolute Gasteiger partial charge is 0.259 e. The molecule has 80 valence electrons. The van der Waals surface area contributed by atoms with Gasteiger partial charge in [-0.15, -0.1) is 0 Å². The van der Waals surface area contributed by atoms with Crippen molar-refractivity contribution in [1.29, 1.82) is 0 Å². The average Bonchev–Trinajstić information content (AvgIpc) is 2.65. The fourth-order valence-corrected chi connectivity index (χ4v) is 1.60. The second-order valence-electron chi connectivity index (χ2n) is 3.52. The van der Waals surface area contributed by atoms with Gasteiger partial charge in [-0.3, -0.25) is 4.79 Å². The lowest BCUT2D eigenvalue weighted by Crippen LogP contribution is -2.30. The summed E-state index contributed by atoms with van der Waals surface area (Å²) >= 11 is 0. The van der Waals surface area contributed by atoms with Gasteiger partial charge in [0.15, 0.2) is 0 Å². The molecule has 0 radical (unpaired) electrons. The number of aromatic nitrogens is 2. The number of anilines is 1. The van der Waals surface area contributed by atoms with E-state index in [1.807, 2.05) is 0 Å². The van der Waals surface area contributed by atoms with Gasteiger partial charge in [-0.2, -0.15) is 0 Å². The summed E-state index contributed by atoms with van der Waals surface area (Å²) in [7, 11) is 0. The monoisotopic (exact) mass is 208 g/mol. The van der Waals surface area contributed by atoms with E-state index in [1.165, 1.54) is 12.5 Å². The zero-order valence-electron chi connectivity index (χ0n) is 8.13. The van der Waals surface area contributed by atoms with Gasteiger partial charge in [-0.1, -0.05) is 0 Å². The molecule has 1 aliphatic heterocycles. The minimum Gasteiger partial charge on any atom is -0.391 e. The number of likely N-dealkylation sites (tertiary alicyclic amines) is 1. The van der Waals surface area contributed by atoms with Crippen LogP contribution in [0.1, 0.15) is 16.8 Å². The maximum atomic E-state index is 11.9. The van der Waals surface area contributed by atoms with Gasteiger partial charge in [-0.05, 0) is 6.42 Å². The maximum absolute atomic E-state index is 11.9. The Bertz CT molecular complexity index is 382. The molecule has 0 saturated carbocycles. The van der Waals surface area contributed by atoms with Crippen LogP contribution in [0, 0.1) is 0 Å². The van der Waals surface area contributed by atoms with E-state index in [0.717, 1.165) is 0 Å². The molecule has 0 unspecified atom stereocenters. The van der Waals surface area contributed by atoms with Crippen LogP contribution < -0.4 is 5.73 Å². The Morgan fingerprint density at radius 3 is 3.07 bits per heavy atom. The van der Waals surface area contributed by atoms with Crippen molar-refractivity contribution in [2.75, 3.05) is 18.8 Å². The van der Waals surface area contributed by atoms with Crippen LogP contribution in [0.2, 0.25) is 0 Å². The predicted octanol–water partition coefficient (Wildman–Crippen LogP) is -0.734. The quantitative estimate of drug-likeness (QED) is 0.634. The van der Waals surface area contributed by atoms with Crippen molar-refractivity contribution in [3.8, 4) is 0 Å². The molecule has 1 amide bonds. The first-order chi connectivity index (χ1) is 7.18. The van der Waals surface area contributed by atoms with Crippen LogP contribution >= 0.6 is 0 Å². The second-order valence-corrected chi connectivity index (χ2v) is 3.52. The summed E-state index contributed by atoms with van der Waals surface area (Å²) in [4.78, 5) is 20.9. The van der Waals surface area contributed by atoms with E-state index in [2.05, 4.69) is 9.97 Å². The molecule has 6 heteroatoms. The number of rotatable bonds is 1. The molecule has 6 nitrogen and oxygen atoms in total. The third kappa shape index (κ3) is 1.89. The van der Waals surface area contributed by atoms with Crippen molar-refractivity contribution in [3.63, 3.8) is 0 Å². The van der Waals surface area contributed by atoms with Crippen molar-refractivity contribution in [2.45, 2.75) is 12.5 Å². The molecule has 0 aromatic carbocycles. The lowest BCUT2D eigenvalue weighted by molar-refractivity contribution is 0.0765. The van der Waals surface area contributed by atoms with Gasteiger partial charge in [0.25, 0.3) is 5.91 Å². The minimum absolute atomic E-state index is 0.177. The van der Waals surface area contributed by atoms with Crippen LogP contribution in [0.25, 0.3) is 0 Å². The molecule has 15 heavy (non-hydrogen) atoms. The van der Waals surface area contributed by atoms with Gasteiger partial charge in [0, 0.05) is 19.3 Å². The molecule has 1 fully saturated rings. The summed E-state index contributed by atoms with van der Waals surface area (Å²) in [6, 6.07) is 0. The Morgan fingerprint density at radius 1 is 1.67 bits per heavy atom. The van der Waals surface area contributed by atoms with Crippen LogP contribution in [0.15, 0.2) is 12.5 Å². The van der Waals surface area contributed by atoms with E-state index >= 15 is 0 Å². The fourth-order valence-electron chi connectivity index (χ4n) is 1.60. The van der Waals surface area contributed by atoms with Crippen LogP contribution in [-0.2, 0) is 0 Å². The molecule has 0 spiro atoms. The molecular formula is C9H12N4O2. The normalized spacial score (nSPS) is 20.6. The highest BCUT2D eigenvalue weighted by Gasteiger charge is 2.26. The highest BCUT2D eigenvalue weighted by molar-refractivity contribution is 5.98. The van der Waals surface area contributed by atoms with E-state index in [1.54, 1.807) is 4.90 Å². The molecule has 2 rings (SSSR count). The molecule has 1 aromatic rings. The Balaban J connectivity index is 2.18. The van der Waals surface area contributed by atoms with Gasteiger partial charge in [-0.25, -0.2) is 9.97 Å². The first-order valence-electron chi connectivity index (χ1n) is 4.71. The van der Waals surface area contributed by atoms with Crippen LogP contribution in [0.4, 0.5) is 5.82 Å². The molecule has 1 saturated heterocycles. The minimum atomic E-state index is -0.431.